The van der Waals surface area contributed by atoms with Crippen molar-refractivity contribution in [2.24, 2.45) is 11.8 Å². The molecule has 1 aliphatic rings. The van der Waals surface area contributed by atoms with Gasteiger partial charge in [-0.15, -0.1) is 0 Å². The van der Waals surface area contributed by atoms with Gasteiger partial charge in [-0.05, 0) is 62.8 Å². The Morgan fingerprint density at radius 3 is 2.68 bits per heavy atom. The first-order chi connectivity index (χ1) is 11.8. The van der Waals surface area contributed by atoms with Crippen LogP contribution in [-0.2, 0) is 9.59 Å². The van der Waals surface area contributed by atoms with Gasteiger partial charge in [0.2, 0.25) is 11.8 Å². The molecule has 0 radical (unpaired) electrons. The van der Waals surface area contributed by atoms with Crippen LogP contribution in [0.1, 0.15) is 44.2 Å². The Morgan fingerprint density at radius 2 is 2.04 bits per heavy atom. The van der Waals surface area contributed by atoms with Crippen LogP contribution >= 0.6 is 0 Å². The molecule has 1 aliphatic heterocycles. The van der Waals surface area contributed by atoms with Gasteiger partial charge in [0.1, 0.15) is 0 Å². The molecule has 0 spiro atoms. The van der Waals surface area contributed by atoms with E-state index >= 15 is 0 Å². The fraction of sp³-hybridized carbons (Fsp3) is 0.600. The Labute approximate surface area is 150 Å². The highest BCUT2D eigenvalue weighted by Crippen LogP contribution is 2.26. The van der Waals surface area contributed by atoms with Gasteiger partial charge in [0.25, 0.3) is 0 Å². The number of aryl methyl sites for hydroxylation is 2. The molecule has 1 aromatic rings. The molecule has 1 fully saturated rings. The third-order valence-electron chi connectivity index (χ3n) is 4.95. The van der Waals surface area contributed by atoms with Gasteiger partial charge in [-0.3, -0.25) is 9.59 Å². The Balaban J connectivity index is 1.98. The average molecular weight is 346 g/mol. The summed E-state index contributed by atoms with van der Waals surface area (Å²) in [6.07, 6.45) is 1.29. The number of nitrogens with zero attached hydrogens (tertiary/aromatic N) is 1. The minimum Gasteiger partial charge on any atom is -0.393 e. The van der Waals surface area contributed by atoms with Gasteiger partial charge in [0, 0.05) is 25.2 Å². The van der Waals surface area contributed by atoms with Gasteiger partial charge in [0.15, 0.2) is 0 Å². The highest BCUT2D eigenvalue weighted by Gasteiger charge is 2.31. The molecule has 1 saturated heterocycles. The summed E-state index contributed by atoms with van der Waals surface area (Å²) < 4.78 is 0. The molecule has 0 saturated carbocycles. The van der Waals surface area contributed by atoms with Crippen LogP contribution in [0.5, 0.6) is 0 Å². The highest BCUT2D eigenvalue weighted by atomic mass is 16.3. The van der Waals surface area contributed by atoms with Gasteiger partial charge in [-0.1, -0.05) is 13.0 Å². The number of amides is 2. The van der Waals surface area contributed by atoms with Crippen LogP contribution in [0.4, 0.5) is 5.69 Å². The smallest absolute Gasteiger partial charge is 0.227 e. The van der Waals surface area contributed by atoms with Gasteiger partial charge in [-0.2, -0.15) is 0 Å². The fourth-order valence-corrected chi connectivity index (χ4v) is 3.29. The molecule has 0 unspecified atom stereocenters. The molecule has 5 heteroatoms. The van der Waals surface area contributed by atoms with E-state index in [9.17, 15) is 14.7 Å². The minimum absolute atomic E-state index is 0.00113. The van der Waals surface area contributed by atoms with E-state index in [1.54, 1.807) is 11.8 Å². The lowest BCUT2D eigenvalue weighted by molar-refractivity contribution is -0.127. The molecule has 2 amide bonds. The van der Waals surface area contributed by atoms with Crippen molar-refractivity contribution in [3.05, 3.63) is 29.3 Å². The first-order valence-electron chi connectivity index (χ1n) is 9.11. The second-order valence-electron chi connectivity index (χ2n) is 7.44. The van der Waals surface area contributed by atoms with Crippen molar-refractivity contribution in [3.8, 4) is 0 Å². The van der Waals surface area contributed by atoms with Crippen molar-refractivity contribution in [3.63, 3.8) is 0 Å². The number of piperidine rings is 1. The van der Waals surface area contributed by atoms with Crippen molar-refractivity contribution < 1.29 is 14.7 Å². The SMILES string of the molecule is Cc1ccc(N2C[C@@H](C(=O)NC[C@@H](C)C[C@@H](C)O)CCC2=O)cc1C. The van der Waals surface area contributed by atoms with Gasteiger partial charge < -0.3 is 15.3 Å². The molecular formula is C20H30N2O3. The highest BCUT2D eigenvalue weighted by molar-refractivity contribution is 5.96. The quantitative estimate of drug-likeness (QED) is 0.832. The number of hydrogen-bond acceptors (Lipinski definition) is 3. The molecule has 0 aliphatic carbocycles. The maximum absolute atomic E-state index is 12.5. The average Bonchev–Trinajstić information content (AvgIpc) is 2.55. The maximum Gasteiger partial charge on any atom is 0.227 e. The predicted octanol–water partition coefficient (Wildman–Crippen LogP) is 2.57. The summed E-state index contributed by atoms with van der Waals surface area (Å²) in [5.74, 6) is 0.122. The third-order valence-corrected chi connectivity index (χ3v) is 4.95. The zero-order valence-electron chi connectivity index (χ0n) is 15.7. The van der Waals surface area contributed by atoms with E-state index in [0.717, 1.165) is 11.3 Å². The van der Waals surface area contributed by atoms with Crippen LogP contribution in [0, 0.1) is 25.7 Å². The molecular weight excluding hydrogens is 316 g/mol. The number of benzene rings is 1. The molecule has 0 aromatic heterocycles. The normalized spacial score (nSPS) is 20.3. The summed E-state index contributed by atoms with van der Waals surface area (Å²) >= 11 is 0. The number of aliphatic hydroxyl groups excluding tert-OH is 1. The number of rotatable bonds is 6. The summed E-state index contributed by atoms with van der Waals surface area (Å²) in [5, 5.41) is 12.4. The standard InChI is InChI=1S/C20H30N2O3/c1-13(9-16(4)23)11-21-20(25)17-6-8-19(24)22(12-17)18-7-5-14(2)15(3)10-18/h5,7,10,13,16-17,23H,6,8-9,11-12H2,1-4H3,(H,21,25)/t13-,16+,17-/m0/s1. The molecule has 3 atom stereocenters. The summed E-state index contributed by atoms with van der Waals surface area (Å²) in [6, 6.07) is 5.98. The number of anilines is 1. The predicted molar refractivity (Wildman–Crippen MR) is 99.5 cm³/mol. The van der Waals surface area contributed by atoms with E-state index in [0.29, 0.717) is 32.4 Å². The lowest BCUT2D eigenvalue weighted by Crippen LogP contribution is -2.46. The van der Waals surface area contributed by atoms with Crippen molar-refractivity contribution in [2.45, 2.75) is 53.1 Å². The molecule has 5 nitrogen and oxygen atoms in total. The largest absolute Gasteiger partial charge is 0.393 e. The topological polar surface area (TPSA) is 69.6 Å². The Morgan fingerprint density at radius 1 is 1.32 bits per heavy atom. The number of aliphatic hydroxyl groups is 1. The summed E-state index contributed by atoms with van der Waals surface area (Å²) in [4.78, 5) is 26.5. The lowest BCUT2D eigenvalue weighted by atomic mass is 9.95. The van der Waals surface area contributed by atoms with Crippen LogP contribution in [-0.4, -0.2) is 36.1 Å². The molecule has 1 heterocycles. The molecule has 1 aromatic carbocycles. The van der Waals surface area contributed by atoms with Crippen molar-refractivity contribution in [1.82, 2.24) is 5.32 Å². The summed E-state index contributed by atoms with van der Waals surface area (Å²) in [6.45, 7) is 8.82. The number of carbonyl (C=O) groups excluding carboxylic acids is 2. The number of nitrogens with one attached hydrogen (secondary N) is 1. The maximum atomic E-state index is 12.5. The van der Waals surface area contributed by atoms with E-state index in [1.807, 2.05) is 39.0 Å². The van der Waals surface area contributed by atoms with Crippen molar-refractivity contribution >= 4 is 17.5 Å². The van der Waals surface area contributed by atoms with Crippen LogP contribution in [0.2, 0.25) is 0 Å². The Kier molecular flexibility index (Phi) is 6.59. The molecule has 2 N–H and O–H groups in total. The van der Waals surface area contributed by atoms with Crippen molar-refractivity contribution in [2.75, 3.05) is 18.0 Å². The molecule has 25 heavy (non-hydrogen) atoms. The Bertz CT molecular complexity index is 627. The van der Waals surface area contributed by atoms with Gasteiger partial charge in [-0.25, -0.2) is 0 Å². The van der Waals surface area contributed by atoms with Crippen LogP contribution in [0.25, 0.3) is 0 Å². The minimum atomic E-state index is -0.362. The zero-order valence-corrected chi connectivity index (χ0v) is 15.7. The van der Waals surface area contributed by atoms with Crippen molar-refractivity contribution in [1.29, 1.82) is 0 Å². The number of carbonyl (C=O) groups is 2. The van der Waals surface area contributed by atoms with E-state index < -0.39 is 0 Å². The van der Waals surface area contributed by atoms with E-state index in [1.165, 1.54) is 5.56 Å². The van der Waals surface area contributed by atoms with Gasteiger partial charge in [0.05, 0.1) is 12.0 Å². The molecule has 138 valence electrons. The second-order valence-corrected chi connectivity index (χ2v) is 7.44. The second kappa shape index (κ2) is 8.48. The van der Waals surface area contributed by atoms with E-state index in [-0.39, 0.29) is 29.8 Å². The van der Waals surface area contributed by atoms with E-state index in [2.05, 4.69) is 5.32 Å². The van der Waals surface area contributed by atoms with Gasteiger partial charge >= 0.3 is 0 Å². The van der Waals surface area contributed by atoms with Crippen LogP contribution < -0.4 is 10.2 Å². The lowest BCUT2D eigenvalue weighted by Gasteiger charge is -2.32. The molecule has 2 rings (SSSR count). The molecule has 0 bridgehead atoms. The summed E-state index contributed by atoms with van der Waals surface area (Å²) in [5.41, 5.74) is 3.20. The third kappa shape index (κ3) is 5.30. The fourth-order valence-electron chi connectivity index (χ4n) is 3.29. The summed E-state index contributed by atoms with van der Waals surface area (Å²) in [7, 11) is 0. The van der Waals surface area contributed by atoms with Crippen LogP contribution in [0.15, 0.2) is 18.2 Å². The zero-order chi connectivity index (χ0) is 18.6. The Hall–Kier alpha value is -1.88. The van der Waals surface area contributed by atoms with E-state index in [4.69, 9.17) is 0 Å². The first kappa shape index (κ1) is 19.4. The monoisotopic (exact) mass is 346 g/mol. The van der Waals surface area contributed by atoms with Crippen LogP contribution in [0.3, 0.4) is 0 Å². The number of hydrogen-bond donors (Lipinski definition) is 2. The first-order valence-corrected chi connectivity index (χ1v) is 9.11.